The van der Waals surface area contributed by atoms with Crippen molar-refractivity contribution >= 4 is 16.7 Å². The first-order valence-electron chi connectivity index (χ1n) is 2.87. The zero-order valence-electron chi connectivity index (χ0n) is 5.90. The zero-order valence-corrected chi connectivity index (χ0v) is 7.61. The molecule has 0 radical (unpaired) electrons. The topological polar surface area (TPSA) is 60.4 Å². The van der Waals surface area contributed by atoms with E-state index < -0.39 is 16.7 Å². The van der Waals surface area contributed by atoms with Crippen LogP contribution in [0.2, 0.25) is 0 Å². The van der Waals surface area contributed by atoms with E-state index in [1.165, 1.54) is 6.92 Å². The third-order valence-electron chi connectivity index (χ3n) is 0.826. The highest BCUT2D eigenvalue weighted by Gasteiger charge is 2.35. The Morgan fingerprint density at radius 2 is 1.90 bits per heavy atom. The van der Waals surface area contributed by atoms with E-state index in [4.69, 9.17) is 0 Å². The van der Waals surface area contributed by atoms with Crippen LogP contribution in [0.3, 0.4) is 0 Å². The molecule has 0 fully saturated rings. The highest BCUT2D eigenvalue weighted by molar-refractivity contribution is 8.44. The minimum absolute atomic E-state index is 0.137. The lowest BCUT2D eigenvalue weighted by molar-refractivity contribution is 0.359. The van der Waals surface area contributed by atoms with Gasteiger partial charge >= 0.3 is 16.7 Å². The van der Waals surface area contributed by atoms with Crippen molar-refractivity contribution in [2.24, 2.45) is 0 Å². The molecule has 0 aromatic heterocycles. The highest BCUT2D eigenvalue weighted by Crippen LogP contribution is 2.30. The zero-order chi connectivity index (χ0) is 8.20. The second-order valence-corrected chi connectivity index (χ2v) is 6.52. The highest BCUT2D eigenvalue weighted by atomic mass is 32.8. The normalized spacial score (nSPS) is 13.2. The minimum Gasteiger partial charge on any atom is -0.176 e. The summed E-state index contributed by atoms with van der Waals surface area (Å²) in [4.78, 5) is 0. The van der Waals surface area contributed by atoms with Gasteiger partial charge in [0.25, 0.3) is 0 Å². The molecule has 0 bridgehead atoms. The molecular formula is C4H10O4PS+. The lowest BCUT2D eigenvalue weighted by atomic mass is 10.9. The van der Waals surface area contributed by atoms with Crippen molar-refractivity contribution < 1.29 is 17.5 Å². The largest absolute Gasteiger partial charge is 0.640 e. The smallest absolute Gasteiger partial charge is 0.176 e. The molecule has 1 unspecified atom stereocenters. The maximum Gasteiger partial charge on any atom is 0.640 e. The fourth-order valence-electron chi connectivity index (χ4n) is 0.291. The van der Waals surface area contributed by atoms with Crippen LogP contribution in [0.25, 0.3) is 0 Å². The van der Waals surface area contributed by atoms with Gasteiger partial charge in [0, 0.05) is 0 Å². The Bertz CT molecular complexity index is 207. The lowest BCUT2D eigenvalue weighted by Gasteiger charge is -1.83. The van der Waals surface area contributed by atoms with Crippen LogP contribution >= 0.6 is 7.23 Å². The van der Waals surface area contributed by atoms with E-state index in [1.54, 1.807) is 6.92 Å². The maximum atomic E-state index is 10.7. The van der Waals surface area contributed by atoms with Crippen LogP contribution in [0.4, 0.5) is 0 Å². The van der Waals surface area contributed by atoms with Gasteiger partial charge in [0.15, 0.2) is 0 Å². The minimum atomic E-state index is -3.47. The van der Waals surface area contributed by atoms with Crippen LogP contribution in [0.1, 0.15) is 13.8 Å². The summed E-state index contributed by atoms with van der Waals surface area (Å²) in [5.74, 6) is -0.137. The SMILES string of the molecule is CCO[P+](=O)S(=O)(=O)CC. The molecule has 0 aliphatic heterocycles. The van der Waals surface area contributed by atoms with Gasteiger partial charge in [0.05, 0.1) is 5.75 Å². The summed E-state index contributed by atoms with van der Waals surface area (Å²) in [5.41, 5.74) is 0. The molecule has 0 N–H and O–H groups in total. The second kappa shape index (κ2) is 4.01. The van der Waals surface area contributed by atoms with E-state index in [1.807, 2.05) is 0 Å². The summed E-state index contributed by atoms with van der Waals surface area (Å²) >= 11 is 0. The first-order valence-corrected chi connectivity index (χ1v) is 6.31. The molecule has 0 aliphatic carbocycles. The summed E-state index contributed by atoms with van der Waals surface area (Å²) in [5, 5.41) is 0. The number of hydrogen-bond donors (Lipinski definition) is 0. The molecule has 1 atom stereocenters. The predicted octanol–water partition coefficient (Wildman–Crippen LogP) is 1.12. The third kappa shape index (κ3) is 2.73. The Morgan fingerprint density at radius 3 is 2.20 bits per heavy atom. The molecule has 6 heteroatoms. The van der Waals surface area contributed by atoms with Gasteiger partial charge < -0.3 is 0 Å². The fraction of sp³-hybridized carbons (Fsp3) is 1.00. The van der Waals surface area contributed by atoms with Crippen molar-refractivity contribution in [3.63, 3.8) is 0 Å². The fourth-order valence-corrected chi connectivity index (χ4v) is 2.30. The summed E-state index contributed by atoms with van der Waals surface area (Å²) in [6, 6.07) is 0. The van der Waals surface area contributed by atoms with Gasteiger partial charge in [-0.3, -0.25) is 0 Å². The van der Waals surface area contributed by atoms with Crippen LogP contribution in [-0.4, -0.2) is 20.8 Å². The van der Waals surface area contributed by atoms with E-state index in [0.29, 0.717) is 0 Å². The Hall–Kier alpha value is 0.01000. The molecule has 0 aromatic carbocycles. The average Bonchev–Trinajstić information content (AvgIpc) is 1.89. The maximum absolute atomic E-state index is 10.7. The first kappa shape index (κ1) is 10.0. The average molecular weight is 185 g/mol. The lowest BCUT2D eigenvalue weighted by Crippen LogP contribution is -1.97. The van der Waals surface area contributed by atoms with Crippen LogP contribution in [0.5, 0.6) is 0 Å². The van der Waals surface area contributed by atoms with Crippen LogP contribution in [0, 0.1) is 0 Å². The summed E-state index contributed by atoms with van der Waals surface area (Å²) in [6.07, 6.45) is 0. The molecule has 60 valence electrons. The van der Waals surface area contributed by atoms with E-state index in [-0.39, 0.29) is 12.4 Å². The summed E-state index contributed by atoms with van der Waals surface area (Å²) in [7, 11) is -5.98. The van der Waals surface area contributed by atoms with Gasteiger partial charge in [-0.15, -0.1) is 4.52 Å². The van der Waals surface area contributed by atoms with E-state index in [2.05, 4.69) is 4.52 Å². The quantitative estimate of drug-likeness (QED) is 0.615. The van der Waals surface area contributed by atoms with Crippen molar-refractivity contribution in [1.82, 2.24) is 0 Å². The second-order valence-electron chi connectivity index (χ2n) is 1.51. The van der Waals surface area contributed by atoms with Gasteiger partial charge in [0.2, 0.25) is 0 Å². The van der Waals surface area contributed by atoms with Crippen LogP contribution in [0.15, 0.2) is 0 Å². The molecule has 0 amide bonds. The number of rotatable bonds is 4. The molecule has 0 aromatic rings. The van der Waals surface area contributed by atoms with Crippen LogP contribution < -0.4 is 0 Å². The monoisotopic (exact) mass is 185 g/mol. The van der Waals surface area contributed by atoms with Crippen molar-refractivity contribution in [1.29, 1.82) is 0 Å². The van der Waals surface area contributed by atoms with E-state index in [9.17, 15) is 13.0 Å². The molecule has 0 saturated carbocycles. The Labute approximate surface area is 61.1 Å². The van der Waals surface area contributed by atoms with Crippen molar-refractivity contribution in [2.75, 3.05) is 12.4 Å². The molecular weight excluding hydrogens is 175 g/mol. The first-order chi connectivity index (χ1) is 4.54. The van der Waals surface area contributed by atoms with Gasteiger partial charge in [-0.2, -0.15) is 8.42 Å². The molecule has 4 nitrogen and oxygen atoms in total. The molecule has 10 heavy (non-hydrogen) atoms. The standard InChI is InChI=1S/C4H10O4PS/c1-3-8-9(5)10(6,7)4-2/h3-4H2,1-2H3/q+1. The van der Waals surface area contributed by atoms with Crippen LogP contribution in [-0.2, 0) is 18.5 Å². The van der Waals surface area contributed by atoms with Crippen molar-refractivity contribution in [3.8, 4) is 0 Å². The Balaban J connectivity index is 4.21. The molecule has 0 saturated heterocycles. The van der Waals surface area contributed by atoms with Gasteiger partial charge in [-0.25, -0.2) is 0 Å². The van der Waals surface area contributed by atoms with E-state index in [0.717, 1.165) is 0 Å². The third-order valence-corrected chi connectivity index (χ3v) is 4.93. The van der Waals surface area contributed by atoms with Gasteiger partial charge in [-0.05, 0) is 18.4 Å². The molecule has 0 spiro atoms. The molecule has 0 heterocycles. The van der Waals surface area contributed by atoms with Gasteiger partial charge in [-0.1, -0.05) is 0 Å². The van der Waals surface area contributed by atoms with Crippen molar-refractivity contribution in [3.05, 3.63) is 0 Å². The van der Waals surface area contributed by atoms with E-state index >= 15 is 0 Å². The molecule has 0 rings (SSSR count). The Morgan fingerprint density at radius 1 is 1.40 bits per heavy atom. The number of hydrogen-bond acceptors (Lipinski definition) is 4. The summed E-state index contributed by atoms with van der Waals surface area (Å²) < 4.78 is 36.4. The van der Waals surface area contributed by atoms with Crippen molar-refractivity contribution in [2.45, 2.75) is 13.8 Å². The molecule has 0 aliphatic rings. The van der Waals surface area contributed by atoms with Gasteiger partial charge in [0.1, 0.15) is 6.61 Å². The Kier molecular flexibility index (Phi) is 4.01. The predicted molar refractivity (Wildman–Crippen MR) is 38.7 cm³/mol. The summed E-state index contributed by atoms with van der Waals surface area (Å²) in [6.45, 7) is 3.19.